The summed E-state index contributed by atoms with van der Waals surface area (Å²) in [4.78, 5) is 2.28. The van der Waals surface area contributed by atoms with E-state index in [0.717, 1.165) is 28.5 Å². The monoisotopic (exact) mass is 397 g/mol. The number of ether oxygens (including phenoxy) is 6. The summed E-state index contributed by atoms with van der Waals surface area (Å²) in [7, 11) is 0. The molecule has 0 bridgehead atoms. The Kier molecular flexibility index (Phi) is 3.75. The second-order valence-electron chi connectivity index (χ2n) is 8.26. The van der Waals surface area contributed by atoms with Crippen molar-refractivity contribution in [2.75, 3.05) is 18.2 Å². The minimum Gasteiger partial charge on any atom is -0.483 e. The third kappa shape index (κ3) is 2.92. The van der Waals surface area contributed by atoms with Crippen LogP contribution in [-0.2, 0) is 20.8 Å². The number of benzene rings is 2. The fraction of sp³-hybridized carbons (Fsp3) is 0.455. The van der Waals surface area contributed by atoms with E-state index < -0.39 is 12.1 Å². The highest BCUT2D eigenvalue weighted by Crippen LogP contribution is 2.43. The summed E-state index contributed by atoms with van der Waals surface area (Å²) in [6.07, 6.45) is -1.02. The number of fused-ring (bicyclic) bond motifs is 5. The third-order valence-electron chi connectivity index (χ3n) is 5.77. The van der Waals surface area contributed by atoms with Crippen LogP contribution in [-0.4, -0.2) is 43.7 Å². The first-order valence-electron chi connectivity index (χ1n) is 9.96. The molecule has 4 aliphatic rings. The maximum atomic E-state index is 6.41. The van der Waals surface area contributed by atoms with Gasteiger partial charge in [0.1, 0.15) is 11.9 Å². The smallest absolute Gasteiger partial charge is 0.231 e. The molecule has 29 heavy (non-hydrogen) atoms. The van der Waals surface area contributed by atoms with Crippen LogP contribution in [0.1, 0.15) is 19.4 Å². The number of hydrogen-bond donors (Lipinski definition) is 0. The molecule has 4 heterocycles. The van der Waals surface area contributed by atoms with E-state index in [9.17, 15) is 0 Å². The lowest BCUT2D eigenvalue weighted by Gasteiger charge is -2.27. The van der Waals surface area contributed by atoms with E-state index in [4.69, 9.17) is 28.4 Å². The standard InChI is InChI=1S/C22H23NO6/c1-22(2)28-20-19-18(27-21(20)29-22)11-23(14-5-3-4-6-15(14)26-19)10-13-7-8-16-17(9-13)25-12-24-16/h3-9,18-21H,10-12H2,1-2H3/t18-,19+,20-,21-/m1/s1. The van der Waals surface area contributed by atoms with E-state index in [-0.39, 0.29) is 25.1 Å². The summed E-state index contributed by atoms with van der Waals surface area (Å²) in [5.74, 6) is 1.74. The van der Waals surface area contributed by atoms with Gasteiger partial charge in [-0.15, -0.1) is 0 Å². The molecular weight excluding hydrogens is 374 g/mol. The van der Waals surface area contributed by atoms with E-state index in [1.54, 1.807) is 0 Å². The average Bonchev–Trinajstić information content (AvgIpc) is 3.32. The van der Waals surface area contributed by atoms with Crippen molar-refractivity contribution in [3.8, 4) is 17.2 Å². The zero-order valence-electron chi connectivity index (χ0n) is 16.4. The molecule has 0 amide bonds. The Bertz CT molecular complexity index is 947. The van der Waals surface area contributed by atoms with Gasteiger partial charge in [-0.3, -0.25) is 0 Å². The van der Waals surface area contributed by atoms with Gasteiger partial charge in [-0.2, -0.15) is 0 Å². The molecule has 2 saturated heterocycles. The quantitative estimate of drug-likeness (QED) is 0.772. The number of anilines is 1. The molecule has 0 aromatic heterocycles. The molecule has 2 aromatic carbocycles. The lowest BCUT2D eigenvalue weighted by molar-refractivity contribution is -0.211. The molecule has 2 fully saturated rings. The van der Waals surface area contributed by atoms with Gasteiger partial charge in [-0.05, 0) is 43.7 Å². The molecule has 2 aromatic rings. The van der Waals surface area contributed by atoms with Crippen molar-refractivity contribution >= 4 is 5.69 Å². The van der Waals surface area contributed by atoms with Crippen LogP contribution < -0.4 is 19.1 Å². The molecule has 0 radical (unpaired) electrons. The second kappa shape index (κ2) is 6.26. The van der Waals surface area contributed by atoms with Crippen molar-refractivity contribution in [2.45, 2.75) is 50.8 Å². The van der Waals surface area contributed by atoms with Gasteiger partial charge in [0.2, 0.25) is 6.79 Å². The highest BCUT2D eigenvalue weighted by molar-refractivity contribution is 5.60. The van der Waals surface area contributed by atoms with Gasteiger partial charge in [0.25, 0.3) is 0 Å². The van der Waals surface area contributed by atoms with Crippen molar-refractivity contribution in [3.63, 3.8) is 0 Å². The van der Waals surface area contributed by atoms with Crippen molar-refractivity contribution < 1.29 is 28.4 Å². The first-order valence-corrected chi connectivity index (χ1v) is 9.96. The lowest BCUT2D eigenvalue weighted by atomic mass is 10.1. The molecule has 4 aliphatic heterocycles. The highest BCUT2D eigenvalue weighted by atomic mass is 16.8. The van der Waals surface area contributed by atoms with Crippen molar-refractivity contribution in [1.29, 1.82) is 0 Å². The fourth-order valence-electron chi connectivity index (χ4n) is 4.53. The predicted octanol–water partition coefficient (Wildman–Crippen LogP) is 3.06. The van der Waals surface area contributed by atoms with Crippen LogP contribution in [0.3, 0.4) is 0 Å². The first kappa shape index (κ1) is 17.4. The second-order valence-corrected chi connectivity index (χ2v) is 8.26. The van der Waals surface area contributed by atoms with Crippen molar-refractivity contribution in [3.05, 3.63) is 48.0 Å². The fourth-order valence-corrected chi connectivity index (χ4v) is 4.53. The van der Waals surface area contributed by atoms with Crippen molar-refractivity contribution in [1.82, 2.24) is 0 Å². The maximum absolute atomic E-state index is 6.41. The van der Waals surface area contributed by atoms with Crippen LogP contribution in [0.4, 0.5) is 5.69 Å². The molecule has 7 nitrogen and oxygen atoms in total. The SMILES string of the molecule is CC1(C)O[C@H]2O[C@@H]3CN(Cc4ccc5c(c4)OCO5)c4ccccc4O[C@@H]3[C@H]2O1. The Morgan fingerprint density at radius 2 is 1.83 bits per heavy atom. The highest BCUT2D eigenvalue weighted by Gasteiger charge is 2.57. The van der Waals surface area contributed by atoms with Crippen LogP contribution in [0.5, 0.6) is 17.2 Å². The van der Waals surface area contributed by atoms with Crippen LogP contribution in [0.25, 0.3) is 0 Å². The number of rotatable bonds is 2. The Morgan fingerprint density at radius 3 is 2.76 bits per heavy atom. The molecule has 0 spiro atoms. The topological polar surface area (TPSA) is 58.6 Å². The van der Waals surface area contributed by atoms with E-state index in [1.165, 1.54) is 0 Å². The Hall–Kier alpha value is -2.48. The Balaban J connectivity index is 1.31. The van der Waals surface area contributed by atoms with Gasteiger partial charge < -0.3 is 33.3 Å². The van der Waals surface area contributed by atoms with Gasteiger partial charge in [0.05, 0.1) is 5.69 Å². The largest absolute Gasteiger partial charge is 0.483 e. The van der Waals surface area contributed by atoms with Gasteiger partial charge in [-0.1, -0.05) is 18.2 Å². The van der Waals surface area contributed by atoms with Crippen LogP contribution in [0, 0.1) is 0 Å². The van der Waals surface area contributed by atoms with Crippen LogP contribution in [0.2, 0.25) is 0 Å². The van der Waals surface area contributed by atoms with E-state index in [0.29, 0.717) is 13.1 Å². The number of nitrogens with zero attached hydrogens (tertiary/aromatic N) is 1. The summed E-state index contributed by atoms with van der Waals surface area (Å²) < 4.78 is 35.6. The summed E-state index contributed by atoms with van der Waals surface area (Å²) in [6.45, 7) is 5.46. The predicted molar refractivity (Wildman–Crippen MR) is 103 cm³/mol. The molecule has 4 atom stereocenters. The molecule has 0 unspecified atom stereocenters. The Labute approximate surface area is 169 Å². The molecule has 152 valence electrons. The van der Waals surface area contributed by atoms with E-state index in [1.807, 2.05) is 44.2 Å². The zero-order valence-corrected chi connectivity index (χ0v) is 16.4. The summed E-state index contributed by atoms with van der Waals surface area (Å²) >= 11 is 0. The minimum atomic E-state index is -0.665. The number of para-hydroxylation sites is 2. The van der Waals surface area contributed by atoms with Gasteiger partial charge in [0.15, 0.2) is 35.8 Å². The molecule has 0 saturated carbocycles. The van der Waals surface area contributed by atoms with Crippen LogP contribution >= 0.6 is 0 Å². The van der Waals surface area contributed by atoms with E-state index in [2.05, 4.69) is 17.0 Å². The number of hydrogen-bond acceptors (Lipinski definition) is 7. The van der Waals surface area contributed by atoms with Crippen molar-refractivity contribution in [2.24, 2.45) is 0 Å². The first-order chi connectivity index (χ1) is 14.1. The minimum absolute atomic E-state index is 0.150. The molecule has 6 rings (SSSR count). The molecule has 0 aliphatic carbocycles. The molecule has 0 N–H and O–H groups in total. The summed E-state index contributed by atoms with van der Waals surface area (Å²) in [5.41, 5.74) is 2.17. The normalized spacial score (nSPS) is 30.9. The van der Waals surface area contributed by atoms with Gasteiger partial charge in [0, 0.05) is 13.1 Å². The average molecular weight is 397 g/mol. The van der Waals surface area contributed by atoms with Crippen LogP contribution in [0.15, 0.2) is 42.5 Å². The van der Waals surface area contributed by atoms with E-state index >= 15 is 0 Å². The Morgan fingerprint density at radius 1 is 0.966 bits per heavy atom. The van der Waals surface area contributed by atoms with Gasteiger partial charge >= 0.3 is 0 Å². The van der Waals surface area contributed by atoms with Gasteiger partial charge in [-0.25, -0.2) is 0 Å². The maximum Gasteiger partial charge on any atom is 0.231 e. The summed E-state index contributed by atoms with van der Waals surface area (Å²) in [5, 5.41) is 0. The molecule has 7 heteroatoms. The lowest BCUT2D eigenvalue weighted by Crippen LogP contribution is -2.42. The third-order valence-corrected chi connectivity index (χ3v) is 5.77. The summed E-state index contributed by atoms with van der Waals surface area (Å²) in [6, 6.07) is 14.2. The zero-order chi connectivity index (χ0) is 19.6. The molecular formula is C22H23NO6.